The highest BCUT2D eigenvalue weighted by Gasteiger charge is 2.34. The van der Waals surface area contributed by atoms with Crippen LogP contribution in [-0.4, -0.2) is 43.4 Å². The number of aryl methyl sites for hydroxylation is 2. The van der Waals surface area contributed by atoms with E-state index < -0.39 is 9.84 Å². The van der Waals surface area contributed by atoms with Gasteiger partial charge in [0.05, 0.1) is 11.5 Å². The van der Waals surface area contributed by atoms with Crippen LogP contribution in [0, 0.1) is 6.92 Å². The highest BCUT2D eigenvalue weighted by molar-refractivity contribution is 7.91. The quantitative estimate of drug-likeness (QED) is 0.715. The number of carbonyl (C=O) groups excluding carboxylic acids is 1. The van der Waals surface area contributed by atoms with Crippen molar-refractivity contribution in [2.45, 2.75) is 39.3 Å². The Morgan fingerprint density at radius 1 is 1.07 bits per heavy atom. The Labute approximate surface area is 167 Å². The third-order valence-corrected chi connectivity index (χ3v) is 6.89. The van der Waals surface area contributed by atoms with Crippen LogP contribution in [0.1, 0.15) is 30.0 Å². The molecule has 0 saturated carbocycles. The molecule has 0 spiro atoms. The van der Waals surface area contributed by atoms with E-state index in [1.807, 2.05) is 55.5 Å². The molecule has 2 aromatic carbocycles. The van der Waals surface area contributed by atoms with E-state index in [1.54, 1.807) is 4.90 Å². The van der Waals surface area contributed by atoms with E-state index in [-0.39, 0.29) is 30.1 Å². The molecule has 0 bridgehead atoms. The maximum atomic E-state index is 12.9. The number of carbonyl (C=O) groups is 1. The highest BCUT2D eigenvalue weighted by atomic mass is 32.2. The summed E-state index contributed by atoms with van der Waals surface area (Å²) >= 11 is 0. The molecule has 1 unspecified atom stereocenters. The van der Waals surface area contributed by atoms with Crippen molar-refractivity contribution in [3.05, 3.63) is 65.2 Å². The van der Waals surface area contributed by atoms with Gasteiger partial charge >= 0.3 is 0 Å². The molecule has 6 heteroatoms. The van der Waals surface area contributed by atoms with Crippen LogP contribution in [0.4, 0.5) is 0 Å². The zero-order chi connectivity index (χ0) is 20.1. The molecular formula is C22H27NO4S. The molecule has 28 heavy (non-hydrogen) atoms. The number of hydrogen-bond acceptors (Lipinski definition) is 4. The second kappa shape index (κ2) is 8.78. The summed E-state index contributed by atoms with van der Waals surface area (Å²) in [6.07, 6.45) is 1.43. The summed E-state index contributed by atoms with van der Waals surface area (Å²) in [6, 6.07) is 15.3. The fraction of sp³-hybridized carbons (Fsp3) is 0.409. The number of ether oxygens (including phenoxy) is 1. The van der Waals surface area contributed by atoms with Crippen molar-refractivity contribution in [1.82, 2.24) is 4.90 Å². The topological polar surface area (TPSA) is 63.7 Å². The fourth-order valence-corrected chi connectivity index (χ4v) is 5.11. The molecule has 0 aliphatic carbocycles. The van der Waals surface area contributed by atoms with E-state index in [4.69, 9.17) is 4.74 Å². The molecule has 1 heterocycles. The van der Waals surface area contributed by atoms with Gasteiger partial charge in [0.2, 0.25) is 0 Å². The third kappa shape index (κ3) is 5.35. The summed E-state index contributed by atoms with van der Waals surface area (Å²) < 4.78 is 29.5. The summed E-state index contributed by atoms with van der Waals surface area (Å²) in [5, 5.41) is 0. The van der Waals surface area contributed by atoms with Crippen molar-refractivity contribution in [2.75, 3.05) is 18.1 Å². The van der Waals surface area contributed by atoms with Crippen LogP contribution in [0.25, 0.3) is 0 Å². The van der Waals surface area contributed by atoms with Crippen LogP contribution in [0.5, 0.6) is 5.75 Å². The molecule has 0 aromatic heterocycles. The Bertz CT molecular complexity index is 905. The van der Waals surface area contributed by atoms with E-state index >= 15 is 0 Å². The highest BCUT2D eigenvalue weighted by Crippen LogP contribution is 2.21. The molecule has 5 nitrogen and oxygen atoms in total. The van der Waals surface area contributed by atoms with Gasteiger partial charge in [-0.2, -0.15) is 0 Å². The molecule has 1 amide bonds. The van der Waals surface area contributed by atoms with Gasteiger partial charge in [-0.1, -0.05) is 48.9 Å². The lowest BCUT2D eigenvalue weighted by molar-refractivity contribution is -0.136. The largest absolute Gasteiger partial charge is 0.484 e. The van der Waals surface area contributed by atoms with Gasteiger partial charge in [0, 0.05) is 12.6 Å². The maximum absolute atomic E-state index is 12.9. The normalized spacial score (nSPS) is 18.0. The van der Waals surface area contributed by atoms with Crippen molar-refractivity contribution in [1.29, 1.82) is 0 Å². The average Bonchev–Trinajstić information content (AvgIpc) is 3.05. The van der Waals surface area contributed by atoms with Crippen LogP contribution >= 0.6 is 0 Å². The lowest BCUT2D eigenvalue weighted by Gasteiger charge is -2.28. The fourth-order valence-electron chi connectivity index (χ4n) is 3.38. The van der Waals surface area contributed by atoms with Gasteiger partial charge in [0.1, 0.15) is 5.75 Å². The minimum atomic E-state index is -3.08. The Morgan fingerprint density at radius 3 is 2.29 bits per heavy atom. The molecule has 1 aliphatic heterocycles. The summed E-state index contributed by atoms with van der Waals surface area (Å²) in [5.74, 6) is 0.596. The summed E-state index contributed by atoms with van der Waals surface area (Å²) in [7, 11) is -3.08. The summed E-state index contributed by atoms with van der Waals surface area (Å²) in [6.45, 7) is 4.37. The molecule has 0 radical (unpaired) electrons. The number of benzene rings is 2. The van der Waals surface area contributed by atoms with Gasteiger partial charge in [-0.25, -0.2) is 8.42 Å². The summed E-state index contributed by atoms with van der Waals surface area (Å²) in [4.78, 5) is 14.6. The van der Waals surface area contributed by atoms with Crippen LogP contribution < -0.4 is 4.74 Å². The molecular weight excluding hydrogens is 374 g/mol. The lowest BCUT2D eigenvalue weighted by atomic mass is 10.1. The minimum Gasteiger partial charge on any atom is -0.484 e. The molecule has 1 atom stereocenters. The molecule has 150 valence electrons. The molecule has 1 saturated heterocycles. The maximum Gasteiger partial charge on any atom is 0.261 e. The Hall–Kier alpha value is -2.34. The van der Waals surface area contributed by atoms with Gasteiger partial charge < -0.3 is 9.64 Å². The smallest absolute Gasteiger partial charge is 0.261 e. The van der Waals surface area contributed by atoms with Crippen molar-refractivity contribution in [3.63, 3.8) is 0 Å². The second-order valence-electron chi connectivity index (χ2n) is 7.35. The predicted octanol–water partition coefficient (Wildman–Crippen LogP) is 3.15. The van der Waals surface area contributed by atoms with E-state index in [0.717, 1.165) is 17.5 Å². The predicted molar refractivity (Wildman–Crippen MR) is 110 cm³/mol. The van der Waals surface area contributed by atoms with Crippen LogP contribution in [0.3, 0.4) is 0 Å². The SMILES string of the molecule is CCc1ccc(CN(C(=O)COc2ccc(C)cc2)C2CCS(=O)(=O)C2)cc1. The van der Waals surface area contributed by atoms with Gasteiger partial charge in [-0.05, 0) is 43.0 Å². The number of nitrogens with zero attached hydrogens (tertiary/aromatic N) is 1. The van der Waals surface area contributed by atoms with Crippen molar-refractivity contribution >= 4 is 15.7 Å². The van der Waals surface area contributed by atoms with E-state index in [0.29, 0.717) is 18.7 Å². The molecule has 3 rings (SSSR count). The summed E-state index contributed by atoms with van der Waals surface area (Å²) in [5.41, 5.74) is 3.34. The monoisotopic (exact) mass is 401 g/mol. The molecule has 1 aliphatic rings. The van der Waals surface area contributed by atoms with Gasteiger partial charge in [-0.15, -0.1) is 0 Å². The first-order chi connectivity index (χ1) is 13.4. The van der Waals surface area contributed by atoms with Crippen LogP contribution in [-0.2, 0) is 27.6 Å². The number of sulfone groups is 1. The third-order valence-electron chi connectivity index (χ3n) is 5.14. The number of hydrogen-bond donors (Lipinski definition) is 0. The van der Waals surface area contributed by atoms with Crippen molar-refractivity contribution in [3.8, 4) is 5.75 Å². The second-order valence-corrected chi connectivity index (χ2v) is 9.58. The Morgan fingerprint density at radius 2 is 1.71 bits per heavy atom. The van der Waals surface area contributed by atoms with Crippen molar-refractivity contribution < 1.29 is 17.9 Å². The number of rotatable bonds is 7. The van der Waals surface area contributed by atoms with E-state index in [1.165, 1.54) is 5.56 Å². The van der Waals surface area contributed by atoms with E-state index in [2.05, 4.69) is 6.92 Å². The standard InChI is InChI=1S/C22H27NO4S/c1-3-18-6-8-19(9-7-18)14-23(20-12-13-28(25,26)16-20)22(24)15-27-21-10-4-17(2)5-11-21/h4-11,20H,3,12-16H2,1-2H3. The minimum absolute atomic E-state index is 0.0241. The zero-order valence-corrected chi connectivity index (χ0v) is 17.2. The molecule has 1 fully saturated rings. The van der Waals surface area contributed by atoms with Gasteiger partial charge in [0.15, 0.2) is 16.4 Å². The first-order valence-electron chi connectivity index (χ1n) is 9.63. The van der Waals surface area contributed by atoms with Gasteiger partial charge in [0.25, 0.3) is 5.91 Å². The zero-order valence-electron chi connectivity index (χ0n) is 16.4. The first kappa shape index (κ1) is 20.4. The molecule has 0 N–H and O–H groups in total. The average molecular weight is 402 g/mol. The van der Waals surface area contributed by atoms with Crippen molar-refractivity contribution in [2.24, 2.45) is 0 Å². The number of amides is 1. The first-order valence-corrected chi connectivity index (χ1v) is 11.5. The Kier molecular flexibility index (Phi) is 6.39. The van der Waals surface area contributed by atoms with Crippen LogP contribution in [0.2, 0.25) is 0 Å². The Balaban J connectivity index is 1.72. The van der Waals surface area contributed by atoms with Crippen LogP contribution in [0.15, 0.2) is 48.5 Å². The van der Waals surface area contributed by atoms with E-state index in [9.17, 15) is 13.2 Å². The molecule has 2 aromatic rings. The van der Waals surface area contributed by atoms with Gasteiger partial charge in [-0.3, -0.25) is 4.79 Å². The lowest BCUT2D eigenvalue weighted by Crippen LogP contribution is -2.43.